The summed E-state index contributed by atoms with van der Waals surface area (Å²) in [7, 11) is -3.57. The van der Waals surface area contributed by atoms with Gasteiger partial charge in [0, 0.05) is 24.8 Å². The summed E-state index contributed by atoms with van der Waals surface area (Å²) in [5.74, 6) is -0.0262. The van der Waals surface area contributed by atoms with E-state index in [-0.39, 0.29) is 29.2 Å². The molecule has 8 nitrogen and oxygen atoms in total. The number of sulfonamides is 1. The Morgan fingerprint density at radius 1 is 1.00 bits per heavy atom. The maximum absolute atomic E-state index is 12.2. The summed E-state index contributed by atoms with van der Waals surface area (Å²) in [5, 5.41) is 5.30. The Morgan fingerprint density at radius 3 is 2.21 bits per heavy atom. The van der Waals surface area contributed by atoms with Crippen LogP contribution in [-0.2, 0) is 19.6 Å². The fraction of sp³-hybridized carbons (Fsp3) is 0.300. The first-order valence-corrected chi connectivity index (χ1v) is 10.5. The standard InChI is InChI=1S/C20H25N3O5S/c1-14(2)12-21-29(26,27)19-9-7-18(8-10-19)28-13-20(25)23-17-6-4-5-16(11-17)22-15(3)24/h4-11,14,21H,12-13H2,1-3H3,(H,22,24)(H,23,25). The first-order chi connectivity index (χ1) is 13.7. The van der Waals surface area contributed by atoms with E-state index in [0.717, 1.165) is 0 Å². The minimum absolute atomic E-state index is 0.129. The molecule has 29 heavy (non-hydrogen) atoms. The topological polar surface area (TPSA) is 114 Å². The van der Waals surface area contributed by atoms with Crippen LogP contribution in [0.5, 0.6) is 5.75 Å². The van der Waals surface area contributed by atoms with Crippen molar-refractivity contribution in [3.8, 4) is 5.75 Å². The zero-order valence-corrected chi connectivity index (χ0v) is 17.4. The van der Waals surface area contributed by atoms with Gasteiger partial charge in [0.15, 0.2) is 6.61 Å². The molecule has 9 heteroatoms. The van der Waals surface area contributed by atoms with E-state index in [1.54, 1.807) is 24.3 Å². The Kier molecular flexibility index (Phi) is 7.74. The van der Waals surface area contributed by atoms with Crippen LogP contribution in [0.15, 0.2) is 53.4 Å². The van der Waals surface area contributed by atoms with Gasteiger partial charge in [-0.25, -0.2) is 13.1 Å². The van der Waals surface area contributed by atoms with Crippen molar-refractivity contribution in [3.05, 3.63) is 48.5 Å². The van der Waals surface area contributed by atoms with E-state index in [4.69, 9.17) is 4.74 Å². The predicted octanol–water partition coefficient (Wildman–Crippen LogP) is 2.60. The Morgan fingerprint density at radius 2 is 1.62 bits per heavy atom. The number of hydrogen-bond donors (Lipinski definition) is 3. The first-order valence-electron chi connectivity index (χ1n) is 9.06. The molecule has 156 valence electrons. The van der Waals surface area contributed by atoms with Crippen molar-refractivity contribution in [2.24, 2.45) is 5.92 Å². The maximum Gasteiger partial charge on any atom is 0.262 e. The minimum atomic E-state index is -3.57. The van der Waals surface area contributed by atoms with Crippen LogP contribution in [0.4, 0.5) is 11.4 Å². The van der Waals surface area contributed by atoms with E-state index >= 15 is 0 Å². The van der Waals surface area contributed by atoms with Crippen LogP contribution < -0.4 is 20.1 Å². The molecule has 0 radical (unpaired) electrons. The molecule has 0 fully saturated rings. The Balaban J connectivity index is 1.90. The monoisotopic (exact) mass is 419 g/mol. The Labute approximate surface area is 170 Å². The summed E-state index contributed by atoms with van der Waals surface area (Å²) in [4.78, 5) is 23.3. The molecular weight excluding hydrogens is 394 g/mol. The van der Waals surface area contributed by atoms with Crippen LogP contribution >= 0.6 is 0 Å². The third-order valence-corrected chi connectivity index (χ3v) is 5.09. The molecule has 0 aliphatic rings. The van der Waals surface area contributed by atoms with E-state index in [2.05, 4.69) is 15.4 Å². The zero-order valence-electron chi connectivity index (χ0n) is 16.6. The molecule has 0 aliphatic heterocycles. The summed E-state index contributed by atoms with van der Waals surface area (Å²) in [6.07, 6.45) is 0. The molecule has 3 N–H and O–H groups in total. The van der Waals surface area contributed by atoms with Gasteiger partial charge < -0.3 is 15.4 Å². The van der Waals surface area contributed by atoms with Crippen LogP contribution in [0.1, 0.15) is 20.8 Å². The van der Waals surface area contributed by atoms with Crippen molar-refractivity contribution in [3.63, 3.8) is 0 Å². The number of nitrogens with one attached hydrogen (secondary N) is 3. The van der Waals surface area contributed by atoms with Gasteiger partial charge in [-0.1, -0.05) is 19.9 Å². The molecule has 2 aromatic rings. The Bertz CT molecular complexity index is 956. The van der Waals surface area contributed by atoms with Gasteiger partial charge in [-0.3, -0.25) is 9.59 Å². The van der Waals surface area contributed by atoms with Crippen molar-refractivity contribution in [1.29, 1.82) is 0 Å². The van der Waals surface area contributed by atoms with Crippen LogP contribution in [0.3, 0.4) is 0 Å². The maximum atomic E-state index is 12.2. The summed E-state index contributed by atoms with van der Waals surface area (Å²) in [6, 6.07) is 12.6. The van der Waals surface area contributed by atoms with Crippen LogP contribution in [0, 0.1) is 5.92 Å². The molecule has 0 spiro atoms. The molecule has 0 saturated carbocycles. The molecule has 0 bridgehead atoms. The second kappa shape index (κ2) is 10.0. The second-order valence-electron chi connectivity index (χ2n) is 6.82. The molecule has 0 heterocycles. The molecule has 0 atom stereocenters. The SMILES string of the molecule is CC(=O)Nc1cccc(NC(=O)COc2ccc(S(=O)(=O)NCC(C)C)cc2)c1. The van der Waals surface area contributed by atoms with Crippen LogP contribution in [0.25, 0.3) is 0 Å². The largest absolute Gasteiger partial charge is 0.484 e. The number of rotatable bonds is 9. The highest BCUT2D eigenvalue weighted by molar-refractivity contribution is 7.89. The zero-order chi connectivity index (χ0) is 21.4. The van der Waals surface area contributed by atoms with Crippen LogP contribution in [-0.4, -0.2) is 33.4 Å². The summed E-state index contributed by atoms with van der Waals surface area (Å²) < 4.78 is 32.3. The summed E-state index contributed by atoms with van der Waals surface area (Å²) in [6.45, 7) is 5.34. The second-order valence-corrected chi connectivity index (χ2v) is 8.58. The lowest BCUT2D eigenvalue weighted by atomic mass is 10.2. The van der Waals surface area contributed by atoms with Crippen molar-refractivity contribution in [2.45, 2.75) is 25.7 Å². The van der Waals surface area contributed by atoms with Crippen molar-refractivity contribution < 1.29 is 22.7 Å². The van der Waals surface area contributed by atoms with Gasteiger partial charge in [-0.2, -0.15) is 0 Å². The van der Waals surface area contributed by atoms with Gasteiger partial charge in [0.25, 0.3) is 5.91 Å². The van der Waals surface area contributed by atoms with Gasteiger partial charge in [0.2, 0.25) is 15.9 Å². The number of anilines is 2. The molecule has 0 aliphatic carbocycles. The van der Waals surface area contributed by atoms with E-state index < -0.39 is 10.0 Å². The molecule has 0 unspecified atom stereocenters. The number of benzene rings is 2. The summed E-state index contributed by atoms with van der Waals surface area (Å²) >= 11 is 0. The molecule has 2 aromatic carbocycles. The van der Waals surface area contributed by atoms with Gasteiger partial charge in [0.1, 0.15) is 5.75 Å². The predicted molar refractivity (Wildman–Crippen MR) is 111 cm³/mol. The van der Waals surface area contributed by atoms with E-state index in [9.17, 15) is 18.0 Å². The van der Waals surface area contributed by atoms with Gasteiger partial charge >= 0.3 is 0 Å². The molecule has 2 amide bonds. The minimum Gasteiger partial charge on any atom is -0.484 e. The van der Waals surface area contributed by atoms with Crippen molar-refractivity contribution >= 4 is 33.2 Å². The average Bonchev–Trinajstić information content (AvgIpc) is 2.65. The van der Waals surface area contributed by atoms with Crippen molar-refractivity contribution in [2.75, 3.05) is 23.8 Å². The number of hydrogen-bond acceptors (Lipinski definition) is 5. The number of carbonyl (C=O) groups excluding carboxylic acids is 2. The van der Waals surface area contributed by atoms with E-state index in [1.807, 2.05) is 13.8 Å². The number of ether oxygens (including phenoxy) is 1. The Hall–Kier alpha value is -2.91. The highest BCUT2D eigenvalue weighted by Gasteiger charge is 2.14. The third-order valence-electron chi connectivity index (χ3n) is 3.65. The molecule has 2 rings (SSSR count). The third kappa shape index (κ3) is 7.55. The molecule has 0 saturated heterocycles. The fourth-order valence-electron chi connectivity index (χ4n) is 2.30. The lowest BCUT2D eigenvalue weighted by molar-refractivity contribution is -0.118. The van der Waals surface area contributed by atoms with E-state index in [1.165, 1.54) is 31.2 Å². The van der Waals surface area contributed by atoms with Crippen molar-refractivity contribution in [1.82, 2.24) is 4.72 Å². The van der Waals surface area contributed by atoms with Gasteiger partial charge in [-0.15, -0.1) is 0 Å². The van der Waals surface area contributed by atoms with Gasteiger partial charge in [-0.05, 0) is 48.4 Å². The lowest BCUT2D eigenvalue weighted by Gasteiger charge is -2.11. The fourth-order valence-corrected chi connectivity index (χ4v) is 3.51. The molecule has 0 aromatic heterocycles. The smallest absolute Gasteiger partial charge is 0.262 e. The van der Waals surface area contributed by atoms with E-state index in [0.29, 0.717) is 23.7 Å². The number of carbonyl (C=O) groups is 2. The quantitative estimate of drug-likeness (QED) is 0.578. The first kappa shape index (κ1) is 22.4. The van der Waals surface area contributed by atoms with Gasteiger partial charge in [0.05, 0.1) is 4.90 Å². The average molecular weight is 420 g/mol. The van der Waals surface area contributed by atoms with Crippen LogP contribution in [0.2, 0.25) is 0 Å². The molecular formula is C20H25N3O5S. The highest BCUT2D eigenvalue weighted by Crippen LogP contribution is 2.17. The summed E-state index contributed by atoms with van der Waals surface area (Å²) in [5.41, 5.74) is 1.08. The number of amides is 2. The highest BCUT2D eigenvalue weighted by atomic mass is 32.2. The normalized spacial score (nSPS) is 11.2. The lowest BCUT2D eigenvalue weighted by Crippen LogP contribution is -2.27.